The molecule has 0 heterocycles. The Bertz CT molecular complexity index is 2530. The molecular formula is C44H29N. The summed E-state index contributed by atoms with van der Waals surface area (Å²) >= 11 is 0. The summed E-state index contributed by atoms with van der Waals surface area (Å²) < 4.78 is 0. The summed E-state index contributed by atoms with van der Waals surface area (Å²) in [6, 6.07) is 64.1. The predicted octanol–water partition coefficient (Wildman–Crippen LogP) is 12.6. The molecule has 0 radical (unpaired) electrons. The van der Waals surface area contributed by atoms with Crippen LogP contribution in [0.1, 0.15) is 0 Å². The maximum absolute atomic E-state index is 2.36. The normalized spacial score (nSPS) is 11.6. The summed E-state index contributed by atoms with van der Waals surface area (Å²) in [6.45, 7) is 0. The van der Waals surface area contributed by atoms with E-state index in [0.717, 1.165) is 17.1 Å². The lowest BCUT2D eigenvalue weighted by Crippen LogP contribution is -2.09. The molecule has 0 saturated heterocycles. The predicted molar refractivity (Wildman–Crippen MR) is 194 cm³/mol. The van der Waals surface area contributed by atoms with Gasteiger partial charge in [-0.2, -0.15) is 0 Å². The lowest BCUT2D eigenvalue weighted by Gasteiger charge is -2.26. The molecule has 9 rings (SSSR count). The molecular weight excluding hydrogens is 542 g/mol. The van der Waals surface area contributed by atoms with Gasteiger partial charge in [-0.3, -0.25) is 0 Å². The molecule has 9 aromatic carbocycles. The van der Waals surface area contributed by atoms with Gasteiger partial charge < -0.3 is 4.90 Å². The average Bonchev–Trinajstić information content (AvgIpc) is 3.12. The molecule has 0 bridgehead atoms. The zero-order chi connectivity index (χ0) is 29.7. The molecule has 0 atom stereocenters. The summed E-state index contributed by atoms with van der Waals surface area (Å²) in [5, 5.41) is 12.7. The molecule has 0 spiro atoms. The quantitative estimate of drug-likeness (QED) is 0.190. The van der Waals surface area contributed by atoms with E-state index in [-0.39, 0.29) is 0 Å². The minimum atomic E-state index is 1.13. The second-order valence-electron chi connectivity index (χ2n) is 11.8. The summed E-state index contributed by atoms with van der Waals surface area (Å²) in [5.74, 6) is 0. The molecule has 1 nitrogen and oxygen atoms in total. The van der Waals surface area contributed by atoms with E-state index < -0.39 is 0 Å². The average molecular weight is 572 g/mol. The fourth-order valence-electron chi connectivity index (χ4n) is 6.95. The SMILES string of the molecule is c1ccc(N(c2ccc(-c3ccc4ccc5ccccc5c4c3)cc2)c2ccc3ccc4c5ccccc5ccc4c3c2)cc1. The maximum atomic E-state index is 2.36. The molecule has 0 fully saturated rings. The van der Waals surface area contributed by atoms with Crippen molar-refractivity contribution in [2.24, 2.45) is 0 Å². The first-order valence-electron chi connectivity index (χ1n) is 15.5. The van der Waals surface area contributed by atoms with E-state index in [4.69, 9.17) is 0 Å². The molecule has 0 amide bonds. The first-order valence-corrected chi connectivity index (χ1v) is 15.5. The minimum absolute atomic E-state index is 1.13. The van der Waals surface area contributed by atoms with Crippen molar-refractivity contribution in [2.45, 2.75) is 0 Å². The molecule has 0 aliphatic carbocycles. The van der Waals surface area contributed by atoms with Gasteiger partial charge in [-0.05, 0) is 107 Å². The van der Waals surface area contributed by atoms with Crippen LogP contribution in [0.25, 0.3) is 65.0 Å². The number of para-hydroxylation sites is 1. The molecule has 0 unspecified atom stereocenters. The Balaban J connectivity index is 1.17. The van der Waals surface area contributed by atoms with Crippen LogP contribution in [0.2, 0.25) is 0 Å². The second kappa shape index (κ2) is 10.4. The van der Waals surface area contributed by atoms with Gasteiger partial charge in [0.2, 0.25) is 0 Å². The highest BCUT2D eigenvalue weighted by Crippen LogP contribution is 2.39. The summed E-state index contributed by atoms with van der Waals surface area (Å²) in [5.41, 5.74) is 5.83. The van der Waals surface area contributed by atoms with Gasteiger partial charge in [-0.1, -0.05) is 133 Å². The van der Waals surface area contributed by atoms with Crippen LogP contribution < -0.4 is 4.90 Å². The smallest absolute Gasteiger partial charge is 0.0468 e. The number of fused-ring (bicyclic) bond motifs is 8. The van der Waals surface area contributed by atoms with Crippen LogP contribution in [0, 0.1) is 0 Å². The van der Waals surface area contributed by atoms with Gasteiger partial charge in [-0.25, -0.2) is 0 Å². The highest BCUT2D eigenvalue weighted by molar-refractivity contribution is 6.18. The van der Waals surface area contributed by atoms with Crippen LogP contribution in [0.3, 0.4) is 0 Å². The van der Waals surface area contributed by atoms with Crippen LogP contribution in [0.15, 0.2) is 176 Å². The van der Waals surface area contributed by atoms with Gasteiger partial charge in [0.25, 0.3) is 0 Å². The zero-order valence-electron chi connectivity index (χ0n) is 24.7. The number of benzene rings is 9. The summed E-state index contributed by atoms with van der Waals surface area (Å²) in [7, 11) is 0. The van der Waals surface area contributed by atoms with Crippen molar-refractivity contribution in [3.8, 4) is 11.1 Å². The molecule has 0 aliphatic rings. The molecule has 210 valence electrons. The van der Waals surface area contributed by atoms with Crippen molar-refractivity contribution in [1.29, 1.82) is 0 Å². The van der Waals surface area contributed by atoms with E-state index in [2.05, 4.69) is 181 Å². The lowest BCUT2D eigenvalue weighted by atomic mass is 9.96. The first-order chi connectivity index (χ1) is 22.3. The van der Waals surface area contributed by atoms with Crippen molar-refractivity contribution in [3.63, 3.8) is 0 Å². The topological polar surface area (TPSA) is 3.24 Å². The third-order valence-electron chi connectivity index (χ3n) is 9.21. The number of anilines is 3. The number of nitrogens with zero attached hydrogens (tertiary/aromatic N) is 1. The van der Waals surface area contributed by atoms with E-state index in [1.54, 1.807) is 0 Å². The fourth-order valence-corrected chi connectivity index (χ4v) is 6.95. The lowest BCUT2D eigenvalue weighted by molar-refractivity contribution is 1.29. The van der Waals surface area contributed by atoms with Gasteiger partial charge in [0.1, 0.15) is 0 Å². The molecule has 1 heteroatoms. The van der Waals surface area contributed by atoms with E-state index in [9.17, 15) is 0 Å². The van der Waals surface area contributed by atoms with Crippen molar-refractivity contribution >= 4 is 70.9 Å². The largest absolute Gasteiger partial charge is 0.310 e. The van der Waals surface area contributed by atoms with E-state index in [1.165, 1.54) is 65.0 Å². The van der Waals surface area contributed by atoms with Crippen LogP contribution in [-0.2, 0) is 0 Å². The Hall–Kier alpha value is -5.92. The molecule has 45 heavy (non-hydrogen) atoms. The molecule has 0 aromatic heterocycles. The van der Waals surface area contributed by atoms with Crippen molar-refractivity contribution in [3.05, 3.63) is 176 Å². The highest BCUT2D eigenvalue weighted by Gasteiger charge is 2.15. The van der Waals surface area contributed by atoms with Crippen LogP contribution >= 0.6 is 0 Å². The van der Waals surface area contributed by atoms with Crippen LogP contribution in [-0.4, -0.2) is 0 Å². The molecule has 0 N–H and O–H groups in total. The number of hydrogen-bond donors (Lipinski definition) is 0. The van der Waals surface area contributed by atoms with Crippen LogP contribution in [0.5, 0.6) is 0 Å². The summed E-state index contributed by atoms with van der Waals surface area (Å²) in [4.78, 5) is 2.36. The van der Waals surface area contributed by atoms with Gasteiger partial charge >= 0.3 is 0 Å². The first kappa shape index (κ1) is 25.6. The van der Waals surface area contributed by atoms with Crippen molar-refractivity contribution in [1.82, 2.24) is 0 Å². The minimum Gasteiger partial charge on any atom is -0.310 e. The zero-order valence-corrected chi connectivity index (χ0v) is 24.7. The van der Waals surface area contributed by atoms with E-state index in [1.807, 2.05) is 0 Å². The van der Waals surface area contributed by atoms with Gasteiger partial charge in [0, 0.05) is 17.1 Å². The third-order valence-corrected chi connectivity index (χ3v) is 9.21. The van der Waals surface area contributed by atoms with E-state index in [0.29, 0.717) is 0 Å². The standard InChI is InChI=1S/C44H29N/c1-2-10-36(11-3-1)45(38-25-20-34-22-26-41-39-12-6-4-9-32(39)21-27-42(41)44(34)29-38)37-23-18-30(19-24-37)35-17-16-33-15-14-31-8-5-7-13-40(31)43(33)28-35/h1-29H. The van der Waals surface area contributed by atoms with Gasteiger partial charge in [0.05, 0.1) is 0 Å². The van der Waals surface area contributed by atoms with Gasteiger partial charge in [-0.15, -0.1) is 0 Å². The highest BCUT2D eigenvalue weighted by atomic mass is 15.1. The molecule has 9 aromatic rings. The van der Waals surface area contributed by atoms with Crippen molar-refractivity contribution in [2.75, 3.05) is 4.90 Å². The maximum Gasteiger partial charge on any atom is 0.0468 e. The second-order valence-corrected chi connectivity index (χ2v) is 11.8. The Morgan fingerprint density at radius 2 is 0.689 bits per heavy atom. The Labute approximate surface area is 262 Å². The molecule has 0 aliphatic heterocycles. The van der Waals surface area contributed by atoms with Crippen LogP contribution in [0.4, 0.5) is 17.1 Å². The van der Waals surface area contributed by atoms with E-state index >= 15 is 0 Å². The fraction of sp³-hybridized carbons (Fsp3) is 0. The third kappa shape index (κ3) is 4.32. The van der Waals surface area contributed by atoms with Crippen molar-refractivity contribution < 1.29 is 0 Å². The number of rotatable bonds is 4. The Morgan fingerprint density at radius 1 is 0.244 bits per heavy atom. The molecule has 0 saturated carbocycles. The Kier molecular flexibility index (Phi) is 5.89. The summed E-state index contributed by atoms with van der Waals surface area (Å²) in [6.07, 6.45) is 0. The monoisotopic (exact) mass is 571 g/mol. The Morgan fingerprint density at radius 3 is 1.40 bits per heavy atom. The van der Waals surface area contributed by atoms with Gasteiger partial charge in [0.15, 0.2) is 0 Å². The number of hydrogen-bond acceptors (Lipinski definition) is 1.